The zero-order chi connectivity index (χ0) is 18.8. The van der Waals surface area contributed by atoms with Gasteiger partial charge in [0.1, 0.15) is 16.5 Å². The number of oxazole rings is 1. The minimum Gasteiger partial charge on any atom is -0.436 e. The Bertz CT molecular complexity index is 1140. The summed E-state index contributed by atoms with van der Waals surface area (Å²) in [7, 11) is 0. The lowest BCUT2D eigenvalue weighted by molar-refractivity contribution is 0.0950. The molecule has 0 atom stereocenters. The fraction of sp³-hybridized carbons (Fsp3) is 0.0500. The summed E-state index contributed by atoms with van der Waals surface area (Å²) >= 11 is 5.90. The summed E-state index contributed by atoms with van der Waals surface area (Å²) in [6.07, 6.45) is 1.56. The molecule has 2 heterocycles. The summed E-state index contributed by atoms with van der Waals surface area (Å²) in [4.78, 5) is 20.7. The van der Waals surface area contributed by atoms with Crippen molar-refractivity contribution in [3.8, 4) is 11.5 Å². The number of halogens is 2. The van der Waals surface area contributed by atoms with Crippen LogP contribution >= 0.6 is 11.6 Å². The summed E-state index contributed by atoms with van der Waals surface area (Å²) in [5.41, 5.74) is 2.61. The van der Waals surface area contributed by atoms with Crippen LogP contribution < -0.4 is 5.32 Å². The van der Waals surface area contributed by atoms with Gasteiger partial charge in [-0.15, -0.1) is 0 Å². The molecule has 2 aromatic heterocycles. The van der Waals surface area contributed by atoms with Crippen LogP contribution in [0.4, 0.5) is 4.39 Å². The van der Waals surface area contributed by atoms with E-state index in [0.717, 1.165) is 0 Å². The Balaban J connectivity index is 1.56. The van der Waals surface area contributed by atoms with Crippen LogP contribution in [0.1, 0.15) is 15.9 Å². The molecule has 1 amide bonds. The molecular weight excluding hydrogens is 369 g/mol. The second kappa shape index (κ2) is 7.17. The Hall–Kier alpha value is -3.25. The number of amides is 1. The van der Waals surface area contributed by atoms with Gasteiger partial charge in [0.25, 0.3) is 5.91 Å². The predicted molar refractivity (Wildman–Crippen MR) is 99.8 cm³/mol. The van der Waals surface area contributed by atoms with E-state index in [1.54, 1.807) is 54.7 Å². The summed E-state index contributed by atoms with van der Waals surface area (Å²) in [5.74, 6) is -0.291. The quantitative estimate of drug-likeness (QED) is 0.524. The number of aromatic nitrogens is 2. The van der Waals surface area contributed by atoms with Crippen LogP contribution in [0.15, 0.2) is 65.2 Å². The highest BCUT2D eigenvalue weighted by Gasteiger charge is 2.13. The maximum absolute atomic E-state index is 13.7. The standard InChI is InChI=1S/C20H13ClFN3O2/c21-18-10-13(7-8-23-18)20-25-16-9-12(5-6-17(16)27-20)19(26)24-11-14-3-1-2-4-15(14)22/h1-10H,11H2,(H,24,26). The topological polar surface area (TPSA) is 68.0 Å². The number of nitrogens with one attached hydrogen (secondary N) is 1. The van der Waals surface area contributed by atoms with Crippen LogP contribution in [0.25, 0.3) is 22.6 Å². The third-order valence-corrected chi connectivity index (χ3v) is 4.23. The van der Waals surface area contributed by atoms with Crippen LogP contribution in [0.2, 0.25) is 5.15 Å². The van der Waals surface area contributed by atoms with Crippen molar-refractivity contribution in [3.05, 3.63) is 82.9 Å². The highest BCUT2D eigenvalue weighted by Crippen LogP contribution is 2.26. The molecule has 0 unspecified atom stereocenters. The van der Waals surface area contributed by atoms with Gasteiger partial charge in [0, 0.05) is 29.4 Å². The molecule has 0 saturated carbocycles. The lowest BCUT2D eigenvalue weighted by Crippen LogP contribution is -2.23. The molecule has 4 aromatic rings. The van der Waals surface area contributed by atoms with Crippen molar-refractivity contribution in [2.24, 2.45) is 0 Å². The first kappa shape index (κ1) is 17.2. The predicted octanol–water partition coefficient (Wildman–Crippen LogP) is 4.61. The molecule has 5 nitrogen and oxygen atoms in total. The van der Waals surface area contributed by atoms with Gasteiger partial charge in [-0.3, -0.25) is 4.79 Å². The smallest absolute Gasteiger partial charge is 0.251 e. The van der Waals surface area contributed by atoms with Crippen molar-refractivity contribution in [1.82, 2.24) is 15.3 Å². The number of carbonyl (C=O) groups excluding carboxylic acids is 1. The molecule has 2 aromatic carbocycles. The van der Waals surface area contributed by atoms with E-state index in [4.69, 9.17) is 16.0 Å². The summed E-state index contributed by atoms with van der Waals surface area (Å²) in [5, 5.41) is 3.04. The van der Waals surface area contributed by atoms with Crippen LogP contribution in [0.3, 0.4) is 0 Å². The second-order valence-electron chi connectivity index (χ2n) is 5.84. The molecule has 0 aliphatic carbocycles. The largest absolute Gasteiger partial charge is 0.436 e. The highest BCUT2D eigenvalue weighted by atomic mass is 35.5. The monoisotopic (exact) mass is 381 g/mol. The molecule has 4 rings (SSSR count). The summed E-state index contributed by atoms with van der Waals surface area (Å²) in [6, 6.07) is 14.6. The molecule has 0 saturated heterocycles. The molecule has 1 N–H and O–H groups in total. The Morgan fingerprint density at radius 2 is 2.00 bits per heavy atom. The van der Waals surface area contributed by atoms with Gasteiger partial charge in [0.15, 0.2) is 5.58 Å². The number of benzene rings is 2. The van der Waals surface area contributed by atoms with Crippen molar-refractivity contribution < 1.29 is 13.6 Å². The maximum Gasteiger partial charge on any atom is 0.251 e. The maximum atomic E-state index is 13.7. The van der Waals surface area contributed by atoms with E-state index in [-0.39, 0.29) is 18.3 Å². The molecule has 134 valence electrons. The van der Waals surface area contributed by atoms with Crippen LogP contribution in [0, 0.1) is 5.82 Å². The van der Waals surface area contributed by atoms with Crippen molar-refractivity contribution in [2.75, 3.05) is 0 Å². The average Bonchev–Trinajstić information content (AvgIpc) is 3.10. The number of rotatable bonds is 4. The van der Waals surface area contributed by atoms with Crippen molar-refractivity contribution in [3.63, 3.8) is 0 Å². The zero-order valence-electron chi connectivity index (χ0n) is 13.9. The van der Waals surface area contributed by atoms with Crippen LogP contribution in [0.5, 0.6) is 0 Å². The Morgan fingerprint density at radius 3 is 2.81 bits per heavy atom. The third kappa shape index (κ3) is 3.66. The first-order valence-corrected chi connectivity index (χ1v) is 8.52. The molecular formula is C20H13ClFN3O2. The van der Waals surface area contributed by atoms with Crippen LogP contribution in [-0.2, 0) is 6.54 Å². The third-order valence-electron chi connectivity index (χ3n) is 4.02. The number of hydrogen-bond acceptors (Lipinski definition) is 4. The minimum atomic E-state index is -0.356. The Labute approximate surface area is 158 Å². The van der Waals surface area contributed by atoms with Gasteiger partial charge in [-0.2, -0.15) is 0 Å². The van der Waals surface area contributed by atoms with Gasteiger partial charge in [-0.05, 0) is 36.4 Å². The molecule has 0 bridgehead atoms. The number of fused-ring (bicyclic) bond motifs is 1. The molecule has 0 aliphatic heterocycles. The molecule has 7 heteroatoms. The van der Waals surface area contributed by atoms with E-state index in [2.05, 4.69) is 15.3 Å². The summed E-state index contributed by atoms with van der Waals surface area (Å²) < 4.78 is 19.4. The van der Waals surface area contributed by atoms with Gasteiger partial charge in [-0.25, -0.2) is 14.4 Å². The summed E-state index contributed by atoms with van der Waals surface area (Å²) in [6.45, 7) is 0.100. The normalized spacial score (nSPS) is 10.9. The van der Waals surface area contributed by atoms with E-state index in [9.17, 15) is 9.18 Å². The first-order valence-electron chi connectivity index (χ1n) is 8.14. The van der Waals surface area contributed by atoms with Crippen molar-refractivity contribution >= 4 is 28.6 Å². The van der Waals surface area contributed by atoms with Gasteiger partial charge >= 0.3 is 0 Å². The molecule has 0 spiro atoms. The van der Waals surface area contributed by atoms with Crippen molar-refractivity contribution in [2.45, 2.75) is 6.54 Å². The fourth-order valence-electron chi connectivity index (χ4n) is 2.65. The first-order chi connectivity index (χ1) is 13.1. The van der Waals surface area contributed by atoms with Crippen molar-refractivity contribution in [1.29, 1.82) is 0 Å². The molecule has 0 aliphatic rings. The SMILES string of the molecule is O=C(NCc1ccccc1F)c1ccc2oc(-c3ccnc(Cl)c3)nc2c1. The van der Waals surface area contributed by atoms with Gasteiger partial charge in [-0.1, -0.05) is 29.8 Å². The minimum absolute atomic E-state index is 0.100. The molecule has 27 heavy (non-hydrogen) atoms. The Morgan fingerprint density at radius 1 is 1.15 bits per heavy atom. The van der Waals surface area contributed by atoms with E-state index >= 15 is 0 Å². The number of hydrogen-bond donors (Lipinski definition) is 1. The zero-order valence-corrected chi connectivity index (χ0v) is 14.7. The number of nitrogens with zero attached hydrogens (tertiary/aromatic N) is 2. The fourth-order valence-corrected chi connectivity index (χ4v) is 2.82. The van der Waals surface area contributed by atoms with Gasteiger partial charge < -0.3 is 9.73 Å². The number of pyridine rings is 1. The van der Waals surface area contributed by atoms with Gasteiger partial charge in [0.05, 0.1) is 0 Å². The highest BCUT2D eigenvalue weighted by molar-refractivity contribution is 6.29. The van der Waals surface area contributed by atoms with Crippen LogP contribution in [-0.4, -0.2) is 15.9 Å². The molecule has 0 fully saturated rings. The lowest BCUT2D eigenvalue weighted by atomic mass is 10.1. The lowest BCUT2D eigenvalue weighted by Gasteiger charge is -2.06. The van der Waals surface area contributed by atoms with Gasteiger partial charge in [0.2, 0.25) is 5.89 Å². The molecule has 0 radical (unpaired) electrons. The van der Waals surface area contributed by atoms with E-state index in [0.29, 0.717) is 38.8 Å². The Kier molecular flexibility index (Phi) is 4.56. The number of carbonyl (C=O) groups is 1. The van der Waals surface area contributed by atoms with E-state index in [1.807, 2.05) is 0 Å². The van der Waals surface area contributed by atoms with E-state index < -0.39 is 0 Å². The average molecular weight is 382 g/mol. The second-order valence-corrected chi connectivity index (χ2v) is 6.23. The van der Waals surface area contributed by atoms with E-state index in [1.165, 1.54) is 6.07 Å².